The smallest absolute Gasteiger partial charge is 0.323 e. The number of piperidine rings is 1. The third-order valence-corrected chi connectivity index (χ3v) is 4.48. The molecule has 1 aromatic carbocycles. The lowest BCUT2D eigenvalue weighted by atomic mass is 10.1. The summed E-state index contributed by atoms with van der Waals surface area (Å²) in [6, 6.07) is 11.0. The maximum atomic E-state index is 12.3. The van der Waals surface area contributed by atoms with Crippen LogP contribution in [0.15, 0.2) is 48.8 Å². The average molecular weight is 352 g/mol. The minimum absolute atomic E-state index is 0.213. The maximum absolute atomic E-state index is 12.3. The zero-order valence-electron chi connectivity index (χ0n) is 14.2. The van der Waals surface area contributed by atoms with Crippen molar-refractivity contribution < 1.29 is 14.6 Å². The third kappa shape index (κ3) is 3.62. The van der Waals surface area contributed by atoms with Gasteiger partial charge in [0.05, 0.1) is 6.10 Å². The number of benzene rings is 1. The van der Waals surface area contributed by atoms with Gasteiger partial charge in [0.15, 0.2) is 0 Å². The Morgan fingerprint density at radius 3 is 2.85 bits per heavy atom. The number of amides is 2. The lowest BCUT2D eigenvalue weighted by Crippen LogP contribution is -2.42. The van der Waals surface area contributed by atoms with Gasteiger partial charge in [0.1, 0.15) is 17.3 Å². The van der Waals surface area contributed by atoms with Gasteiger partial charge in [-0.15, -0.1) is 0 Å². The largest absolute Gasteiger partial charge is 0.457 e. The van der Waals surface area contributed by atoms with E-state index in [2.05, 4.69) is 15.3 Å². The van der Waals surface area contributed by atoms with Crippen molar-refractivity contribution in [2.45, 2.75) is 18.9 Å². The normalized spacial score (nSPS) is 15.2. The molecule has 134 valence electrons. The summed E-state index contributed by atoms with van der Waals surface area (Å²) in [7, 11) is 0. The monoisotopic (exact) mass is 352 g/mol. The van der Waals surface area contributed by atoms with E-state index in [1.165, 1.54) is 0 Å². The van der Waals surface area contributed by atoms with Crippen LogP contribution in [0.25, 0.3) is 10.9 Å². The number of ether oxygens (including phenoxy) is 1. The molecular formula is C19H20N4O3. The van der Waals surface area contributed by atoms with Crippen LogP contribution in [0.1, 0.15) is 12.8 Å². The number of hydrogen-bond acceptors (Lipinski definition) is 4. The summed E-state index contributed by atoms with van der Waals surface area (Å²) >= 11 is 0. The number of anilines is 1. The SMILES string of the molecule is O=C(Nc1cc(Oc2ccc3[nH]ccc3c2)ccn1)N1CCC(O)CC1. The predicted octanol–water partition coefficient (Wildman–Crippen LogP) is 3.34. The molecule has 2 amide bonds. The van der Waals surface area contributed by atoms with Crippen molar-refractivity contribution >= 4 is 22.8 Å². The minimum Gasteiger partial charge on any atom is -0.457 e. The van der Waals surface area contributed by atoms with Gasteiger partial charge in [-0.25, -0.2) is 9.78 Å². The maximum Gasteiger partial charge on any atom is 0.323 e. The van der Waals surface area contributed by atoms with Crippen LogP contribution in [0.5, 0.6) is 11.5 Å². The molecule has 1 saturated heterocycles. The molecule has 26 heavy (non-hydrogen) atoms. The standard InChI is InChI=1S/C19H20N4O3/c24-14-5-9-23(10-6-14)19(25)22-18-12-16(4-8-21-18)26-15-1-2-17-13(11-15)3-7-20-17/h1-4,7-8,11-12,14,20,24H,5-6,9-10H2,(H,21,22,25). The first-order valence-corrected chi connectivity index (χ1v) is 8.62. The molecular weight excluding hydrogens is 332 g/mol. The number of nitrogens with zero attached hydrogens (tertiary/aromatic N) is 2. The van der Waals surface area contributed by atoms with Gasteiger partial charge in [-0.05, 0) is 43.2 Å². The number of H-pyrrole nitrogens is 1. The second-order valence-corrected chi connectivity index (χ2v) is 6.35. The van der Waals surface area contributed by atoms with Gasteiger partial charge in [0.2, 0.25) is 0 Å². The van der Waals surface area contributed by atoms with Crippen LogP contribution in [0.4, 0.5) is 10.6 Å². The summed E-state index contributed by atoms with van der Waals surface area (Å²) in [6.45, 7) is 1.08. The Morgan fingerprint density at radius 2 is 2.00 bits per heavy atom. The summed E-state index contributed by atoms with van der Waals surface area (Å²) in [6.07, 6.45) is 4.37. The van der Waals surface area contributed by atoms with Gasteiger partial charge in [-0.3, -0.25) is 5.32 Å². The van der Waals surface area contributed by atoms with E-state index in [1.807, 2.05) is 30.5 Å². The van der Waals surface area contributed by atoms with Crippen molar-refractivity contribution in [3.8, 4) is 11.5 Å². The number of aromatic nitrogens is 2. The van der Waals surface area contributed by atoms with Crippen LogP contribution >= 0.6 is 0 Å². The van der Waals surface area contributed by atoms with Crippen molar-refractivity contribution in [1.82, 2.24) is 14.9 Å². The number of hydrogen-bond donors (Lipinski definition) is 3. The number of nitrogens with one attached hydrogen (secondary N) is 2. The van der Waals surface area contributed by atoms with E-state index in [9.17, 15) is 9.90 Å². The fraction of sp³-hybridized carbons (Fsp3) is 0.263. The molecule has 1 fully saturated rings. The number of fused-ring (bicyclic) bond motifs is 1. The number of carbonyl (C=O) groups excluding carboxylic acids is 1. The summed E-state index contributed by atoms with van der Waals surface area (Å²) in [5, 5.41) is 13.4. The van der Waals surface area contributed by atoms with Crippen molar-refractivity contribution in [3.05, 3.63) is 48.8 Å². The first-order chi connectivity index (χ1) is 12.7. The number of aliphatic hydroxyl groups excluding tert-OH is 1. The molecule has 2 aromatic heterocycles. The highest BCUT2D eigenvalue weighted by Gasteiger charge is 2.21. The molecule has 0 spiro atoms. The number of aromatic amines is 1. The highest BCUT2D eigenvalue weighted by molar-refractivity contribution is 5.88. The Balaban J connectivity index is 1.43. The molecule has 0 aliphatic carbocycles. The molecule has 1 aliphatic heterocycles. The molecule has 3 N–H and O–H groups in total. The van der Waals surface area contributed by atoms with E-state index in [1.54, 1.807) is 23.2 Å². The van der Waals surface area contributed by atoms with Gasteiger partial charge in [-0.1, -0.05) is 0 Å². The number of pyridine rings is 1. The molecule has 3 aromatic rings. The molecule has 0 radical (unpaired) electrons. The van der Waals surface area contributed by atoms with E-state index < -0.39 is 0 Å². The molecule has 0 saturated carbocycles. The topological polar surface area (TPSA) is 90.5 Å². The summed E-state index contributed by atoms with van der Waals surface area (Å²) in [5.41, 5.74) is 1.05. The summed E-state index contributed by atoms with van der Waals surface area (Å²) < 4.78 is 5.89. The Morgan fingerprint density at radius 1 is 1.19 bits per heavy atom. The molecule has 0 bridgehead atoms. The van der Waals surface area contributed by atoms with Crippen LogP contribution in [0, 0.1) is 0 Å². The molecule has 7 heteroatoms. The van der Waals surface area contributed by atoms with Crippen LogP contribution in [-0.2, 0) is 0 Å². The van der Waals surface area contributed by atoms with Crippen molar-refractivity contribution in [3.63, 3.8) is 0 Å². The van der Waals surface area contributed by atoms with E-state index in [0.29, 0.717) is 43.2 Å². The highest BCUT2D eigenvalue weighted by Crippen LogP contribution is 2.26. The first-order valence-electron chi connectivity index (χ1n) is 8.62. The van der Waals surface area contributed by atoms with E-state index in [4.69, 9.17) is 4.74 Å². The molecule has 4 rings (SSSR count). The van der Waals surface area contributed by atoms with Crippen LogP contribution in [0.3, 0.4) is 0 Å². The third-order valence-electron chi connectivity index (χ3n) is 4.48. The Hall–Kier alpha value is -3.06. The average Bonchev–Trinajstić information content (AvgIpc) is 3.10. The Bertz CT molecular complexity index is 916. The lowest BCUT2D eigenvalue weighted by molar-refractivity contribution is 0.0972. The number of urea groups is 1. The fourth-order valence-electron chi connectivity index (χ4n) is 3.03. The van der Waals surface area contributed by atoms with Crippen molar-refractivity contribution in [2.24, 2.45) is 0 Å². The van der Waals surface area contributed by atoms with Gasteiger partial charge < -0.3 is 19.7 Å². The molecule has 3 heterocycles. The second-order valence-electron chi connectivity index (χ2n) is 6.35. The number of carbonyl (C=O) groups is 1. The van der Waals surface area contributed by atoms with Crippen LogP contribution < -0.4 is 10.1 Å². The predicted molar refractivity (Wildman–Crippen MR) is 98.4 cm³/mol. The molecule has 0 unspecified atom stereocenters. The van der Waals surface area contributed by atoms with Gasteiger partial charge in [0, 0.05) is 42.5 Å². The highest BCUT2D eigenvalue weighted by atomic mass is 16.5. The van der Waals surface area contributed by atoms with Crippen molar-refractivity contribution in [1.29, 1.82) is 0 Å². The molecule has 1 aliphatic rings. The Kier molecular flexibility index (Phi) is 4.45. The second kappa shape index (κ2) is 7.05. The first kappa shape index (κ1) is 16.4. The zero-order chi connectivity index (χ0) is 17.9. The van der Waals surface area contributed by atoms with Gasteiger partial charge in [-0.2, -0.15) is 0 Å². The van der Waals surface area contributed by atoms with E-state index in [0.717, 1.165) is 10.9 Å². The van der Waals surface area contributed by atoms with E-state index in [-0.39, 0.29) is 12.1 Å². The van der Waals surface area contributed by atoms with Crippen LogP contribution in [0.2, 0.25) is 0 Å². The van der Waals surface area contributed by atoms with Crippen LogP contribution in [-0.4, -0.2) is 45.2 Å². The summed E-state index contributed by atoms with van der Waals surface area (Å²) in [5.74, 6) is 1.74. The molecule has 0 atom stereocenters. The van der Waals surface area contributed by atoms with Gasteiger partial charge >= 0.3 is 6.03 Å². The minimum atomic E-state index is -0.314. The van der Waals surface area contributed by atoms with E-state index >= 15 is 0 Å². The lowest BCUT2D eigenvalue weighted by Gasteiger charge is -2.29. The quantitative estimate of drug-likeness (QED) is 0.674. The molecule has 7 nitrogen and oxygen atoms in total. The van der Waals surface area contributed by atoms with Crippen molar-refractivity contribution in [2.75, 3.05) is 18.4 Å². The number of likely N-dealkylation sites (tertiary alicyclic amines) is 1. The number of rotatable bonds is 3. The fourth-order valence-corrected chi connectivity index (χ4v) is 3.03. The Labute approximate surface area is 150 Å². The summed E-state index contributed by atoms with van der Waals surface area (Å²) in [4.78, 5) is 21.3. The number of aliphatic hydroxyl groups is 1. The van der Waals surface area contributed by atoms with Gasteiger partial charge in [0.25, 0.3) is 0 Å². The zero-order valence-corrected chi connectivity index (χ0v) is 14.2.